The van der Waals surface area contributed by atoms with Crippen molar-refractivity contribution < 1.29 is 27.8 Å². The lowest BCUT2D eigenvalue weighted by Gasteiger charge is -2.30. The summed E-state index contributed by atoms with van der Waals surface area (Å²) in [5, 5.41) is 3.32. The van der Waals surface area contributed by atoms with Gasteiger partial charge in [0.2, 0.25) is 0 Å². The number of benzene rings is 2. The molecule has 0 aromatic heterocycles. The van der Waals surface area contributed by atoms with Crippen molar-refractivity contribution in [2.24, 2.45) is 0 Å². The van der Waals surface area contributed by atoms with Gasteiger partial charge < -0.3 is 19.5 Å². The lowest BCUT2D eigenvalue weighted by molar-refractivity contribution is -0.141. The molecule has 2 aliphatic heterocycles. The highest BCUT2D eigenvalue weighted by atomic mass is 19.3. The number of halogens is 2. The van der Waals surface area contributed by atoms with Crippen LogP contribution in [-0.4, -0.2) is 50.8 Å². The molecule has 2 aromatic rings. The Morgan fingerprint density at radius 1 is 1.20 bits per heavy atom. The lowest BCUT2D eigenvalue weighted by atomic mass is 9.93. The second kappa shape index (κ2) is 9.74. The van der Waals surface area contributed by atoms with E-state index in [0.29, 0.717) is 25.3 Å². The highest BCUT2D eigenvalue weighted by molar-refractivity contribution is 5.71. The summed E-state index contributed by atoms with van der Waals surface area (Å²) in [6, 6.07) is 9.10. The predicted molar refractivity (Wildman–Crippen MR) is 127 cm³/mol. The molecular formula is C27H32F2N2O4. The van der Waals surface area contributed by atoms with E-state index < -0.39 is 5.92 Å². The molecule has 8 heteroatoms. The smallest absolute Gasteiger partial charge is 0.306 e. The summed E-state index contributed by atoms with van der Waals surface area (Å²) in [7, 11) is 1.38. The zero-order chi connectivity index (χ0) is 24.6. The molecule has 0 amide bonds. The Labute approximate surface area is 204 Å². The van der Waals surface area contributed by atoms with Crippen LogP contribution < -0.4 is 14.8 Å². The predicted octanol–water partition coefficient (Wildman–Crippen LogP) is 4.31. The molecule has 2 heterocycles. The summed E-state index contributed by atoms with van der Waals surface area (Å²) < 4.78 is 46.0. The highest BCUT2D eigenvalue weighted by Crippen LogP contribution is 2.44. The third kappa shape index (κ3) is 5.00. The topological polar surface area (TPSA) is 60.0 Å². The van der Waals surface area contributed by atoms with E-state index >= 15 is 0 Å². The van der Waals surface area contributed by atoms with Crippen LogP contribution in [-0.2, 0) is 28.4 Å². The molecule has 0 saturated carbocycles. The van der Waals surface area contributed by atoms with Crippen LogP contribution >= 0.6 is 0 Å². The fraction of sp³-hybridized carbons (Fsp3) is 0.519. The number of hydrogen-bond acceptors (Lipinski definition) is 6. The number of ether oxygens (including phenoxy) is 3. The standard InChI is InChI=1S/C27H32F2N2O4/c1-27(28,29)23-7-5-21-20(22(23)15-31-11-9-30-10-12-31)6-8-24(21)35-18-3-4-19-17(13-26(32)33-2)16-34-25(19)14-18/h3-5,7,14,17,24,30H,6,8-13,15-16H2,1-2H3. The number of hydrogen-bond donors (Lipinski definition) is 1. The molecule has 0 spiro atoms. The Morgan fingerprint density at radius 3 is 2.71 bits per heavy atom. The minimum atomic E-state index is -2.89. The number of methoxy groups -OCH3 is 1. The van der Waals surface area contributed by atoms with Crippen molar-refractivity contribution in [3.05, 3.63) is 58.1 Å². The van der Waals surface area contributed by atoms with E-state index in [2.05, 4.69) is 10.2 Å². The Balaban J connectivity index is 1.37. The zero-order valence-electron chi connectivity index (χ0n) is 20.2. The highest BCUT2D eigenvalue weighted by Gasteiger charge is 2.35. The first-order valence-corrected chi connectivity index (χ1v) is 12.3. The van der Waals surface area contributed by atoms with E-state index in [0.717, 1.165) is 67.5 Å². The monoisotopic (exact) mass is 486 g/mol. The van der Waals surface area contributed by atoms with Gasteiger partial charge in [0.15, 0.2) is 0 Å². The quantitative estimate of drug-likeness (QED) is 0.589. The van der Waals surface area contributed by atoms with Crippen LogP contribution in [0.3, 0.4) is 0 Å². The third-order valence-electron chi connectivity index (χ3n) is 7.32. The number of rotatable bonds is 7. The minimum Gasteiger partial charge on any atom is -0.492 e. The fourth-order valence-electron chi connectivity index (χ4n) is 5.49. The molecule has 6 nitrogen and oxygen atoms in total. The van der Waals surface area contributed by atoms with Gasteiger partial charge >= 0.3 is 5.97 Å². The van der Waals surface area contributed by atoms with Crippen molar-refractivity contribution in [3.63, 3.8) is 0 Å². The largest absolute Gasteiger partial charge is 0.492 e. The van der Waals surface area contributed by atoms with Gasteiger partial charge in [-0.15, -0.1) is 0 Å². The van der Waals surface area contributed by atoms with E-state index in [1.165, 1.54) is 7.11 Å². The van der Waals surface area contributed by atoms with Crippen molar-refractivity contribution in [3.8, 4) is 11.5 Å². The molecule has 0 bridgehead atoms. The molecule has 0 radical (unpaired) electrons. The SMILES string of the molecule is COC(=O)CC1COc2cc(OC3CCc4c3ccc(C(C)(F)F)c4CN3CCNCC3)ccc21. The van der Waals surface area contributed by atoms with E-state index in [-0.39, 0.29) is 30.0 Å². The van der Waals surface area contributed by atoms with E-state index in [1.54, 1.807) is 6.07 Å². The first-order valence-electron chi connectivity index (χ1n) is 12.3. The Hall–Kier alpha value is -2.71. The van der Waals surface area contributed by atoms with Gasteiger partial charge in [0, 0.05) is 62.8 Å². The summed E-state index contributed by atoms with van der Waals surface area (Å²) in [5.74, 6) is -1.79. The van der Waals surface area contributed by atoms with Crippen LogP contribution in [0.2, 0.25) is 0 Å². The molecule has 1 N–H and O–H groups in total. The average Bonchev–Trinajstić information content (AvgIpc) is 3.43. The zero-order valence-corrected chi connectivity index (χ0v) is 20.2. The lowest BCUT2D eigenvalue weighted by Crippen LogP contribution is -2.43. The third-order valence-corrected chi connectivity index (χ3v) is 7.32. The number of fused-ring (bicyclic) bond motifs is 2. The Bertz CT molecular complexity index is 1100. The van der Waals surface area contributed by atoms with E-state index in [4.69, 9.17) is 14.2 Å². The van der Waals surface area contributed by atoms with Gasteiger partial charge in [-0.05, 0) is 35.6 Å². The number of carbonyl (C=O) groups excluding carboxylic acids is 1. The average molecular weight is 487 g/mol. The molecule has 188 valence electrons. The fourth-order valence-corrected chi connectivity index (χ4v) is 5.49. The molecule has 5 rings (SSSR count). The van der Waals surface area contributed by atoms with Crippen molar-refractivity contribution in [2.45, 2.75) is 50.7 Å². The van der Waals surface area contributed by atoms with Crippen molar-refractivity contribution in [1.29, 1.82) is 0 Å². The summed E-state index contributed by atoms with van der Waals surface area (Å²) >= 11 is 0. The molecular weight excluding hydrogens is 454 g/mol. The second-order valence-corrected chi connectivity index (χ2v) is 9.71. The first kappa shape index (κ1) is 24.0. The summed E-state index contributed by atoms with van der Waals surface area (Å²) in [4.78, 5) is 13.9. The maximum absolute atomic E-state index is 14.5. The maximum atomic E-state index is 14.5. The molecule has 1 saturated heterocycles. The summed E-state index contributed by atoms with van der Waals surface area (Å²) in [6.45, 7) is 5.40. The van der Waals surface area contributed by atoms with Crippen molar-refractivity contribution in [1.82, 2.24) is 10.2 Å². The van der Waals surface area contributed by atoms with Gasteiger partial charge in [-0.25, -0.2) is 8.78 Å². The van der Waals surface area contributed by atoms with Gasteiger partial charge in [-0.1, -0.05) is 18.2 Å². The second-order valence-electron chi connectivity index (χ2n) is 9.71. The molecule has 1 fully saturated rings. The van der Waals surface area contributed by atoms with Gasteiger partial charge in [-0.3, -0.25) is 9.69 Å². The molecule has 2 atom stereocenters. The van der Waals surface area contributed by atoms with Crippen LogP contribution in [0, 0.1) is 0 Å². The summed E-state index contributed by atoms with van der Waals surface area (Å²) in [5.41, 5.74) is 3.85. The van der Waals surface area contributed by atoms with Gasteiger partial charge in [0.1, 0.15) is 17.6 Å². The molecule has 3 aliphatic rings. The van der Waals surface area contributed by atoms with Crippen LogP contribution in [0.4, 0.5) is 8.78 Å². The van der Waals surface area contributed by atoms with Crippen molar-refractivity contribution >= 4 is 5.97 Å². The van der Waals surface area contributed by atoms with Gasteiger partial charge in [0.25, 0.3) is 5.92 Å². The van der Waals surface area contributed by atoms with Crippen LogP contribution in [0.1, 0.15) is 59.6 Å². The minimum absolute atomic E-state index is 0.0274. The summed E-state index contributed by atoms with van der Waals surface area (Å²) in [6.07, 6.45) is 1.54. The number of alkyl halides is 2. The van der Waals surface area contributed by atoms with Crippen LogP contribution in [0.15, 0.2) is 30.3 Å². The van der Waals surface area contributed by atoms with Gasteiger partial charge in [0.05, 0.1) is 20.1 Å². The molecule has 2 unspecified atom stereocenters. The number of nitrogens with one attached hydrogen (secondary N) is 1. The molecule has 35 heavy (non-hydrogen) atoms. The number of nitrogens with zero attached hydrogens (tertiary/aromatic N) is 1. The maximum Gasteiger partial charge on any atom is 0.306 e. The number of piperazine rings is 1. The van der Waals surface area contributed by atoms with Crippen LogP contribution in [0.25, 0.3) is 0 Å². The Morgan fingerprint density at radius 2 is 1.97 bits per heavy atom. The Kier molecular flexibility index (Phi) is 6.68. The van der Waals surface area contributed by atoms with Gasteiger partial charge in [-0.2, -0.15) is 0 Å². The van der Waals surface area contributed by atoms with E-state index in [9.17, 15) is 13.6 Å². The van der Waals surface area contributed by atoms with E-state index in [1.807, 2.05) is 24.3 Å². The molecule has 1 aliphatic carbocycles. The number of carbonyl (C=O) groups is 1. The first-order chi connectivity index (χ1) is 16.8. The normalized spacial score (nSPS) is 21.8. The van der Waals surface area contributed by atoms with Crippen LogP contribution in [0.5, 0.6) is 11.5 Å². The number of esters is 1. The van der Waals surface area contributed by atoms with Crippen molar-refractivity contribution in [2.75, 3.05) is 39.9 Å². The molecule has 2 aromatic carbocycles.